The zero-order valence-corrected chi connectivity index (χ0v) is 7.50. The van der Waals surface area contributed by atoms with Crippen LogP contribution < -0.4 is 0 Å². The molecule has 0 fully saturated rings. The highest BCUT2D eigenvalue weighted by Gasteiger charge is 2.70. The first-order valence-electron chi connectivity index (χ1n) is 3.41. The van der Waals surface area contributed by atoms with Crippen molar-refractivity contribution in [3.05, 3.63) is 0 Å². The third-order valence-corrected chi connectivity index (χ3v) is 1.07. The van der Waals surface area contributed by atoms with E-state index < -0.39 is 30.7 Å². The van der Waals surface area contributed by atoms with E-state index in [2.05, 4.69) is 0 Å². The van der Waals surface area contributed by atoms with Gasteiger partial charge in [0, 0.05) is 0 Å². The first-order valence-corrected chi connectivity index (χ1v) is 3.41. The van der Waals surface area contributed by atoms with Crippen molar-refractivity contribution in [1.29, 1.82) is 0 Å². The third-order valence-electron chi connectivity index (χ3n) is 1.07. The molecular weight excluding hydrogens is 298 g/mol. The number of carbonyl (C=O) groups is 1. The summed E-state index contributed by atoms with van der Waals surface area (Å²) >= 11 is 0. The summed E-state index contributed by atoms with van der Waals surface area (Å²) in [5.74, 6) is -10.4. The SMILES string of the molecule is O=C(OC(F)(F)F)C(F)(F)C(F)(F)OC(F)(F)F. The molecule has 0 amide bonds. The summed E-state index contributed by atoms with van der Waals surface area (Å²) in [6.45, 7) is 0. The summed E-state index contributed by atoms with van der Waals surface area (Å²) in [5, 5.41) is 0. The molecule has 0 aromatic carbocycles. The molecule has 0 rings (SSSR count). The first kappa shape index (κ1) is 16.7. The Morgan fingerprint density at radius 2 is 1.11 bits per heavy atom. The van der Waals surface area contributed by atoms with Crippen molar-refractivity contribution in [2.24, 2.45) is 0 Å². The van der Waals surface area contributed by atoms with Crippen LogP contribution in [0.25, 0.3) is 0 Å². The minimum atomic E-state index is -6.56. The fraction of sp³-hybridized carbons (Fsp3) is 0.800. The fourth-order valence-corrected chi connectivity index (χ4v) is 0.497. The Hall–Kier alpha value is -1.27. The van der Waals surface area contributed by atoms with Crippen LogP contribution in [-0.4, -0.2) is 30.7 Å². The lowest BCUT2D eigenvalue weighted by Crippen LogP contribution is -2.53. The van der Waals surface area contributed by atoms with E-state index in [1.54, 1.807) is 4.74 Å². The Balaban J connectivity index is 5.06. The average Bonchev–Trinajstić information content (AvgIpc) is 1.94. The quantitative estimate of drug-likeness (QED) is 0.593. The van der Waals surface area contributed by atoms with E-state index in [0.29, 0.717) is 0 Å². The molecule has 0 spiro atoms. The van der Waals surface area contributed by atoms with Crippen LogP contribution in [0.1, 0.15) is 0 Å². The minimum Gasteiger partial charge on any atom is -0.368 e. The normalized spacial score (nSPS) is 14.6. The monoisotopic (exact) mass is 298 g/mol. The summed E-state index contributed by atoms with van der Waals surface area (Å²) in [4.78, 5) is 9.99. The summed E-state index contributed by atoms with van der Waals surface area (Å²) in [6, 6.07) is 0. The maximum absolute atomic E-state index is 12.3. The Morgan fingerprint density at radius 1 is 0.722 bits per heavy atom. The van der Waals surface area contributed by atoms with E-state index in [-0.39, 0.29) is 0 Å². The Morgan fingerprint density at radius 3 is 1.39 bits per heavy atom. The number of halogens is 10. The van der Waals surface area contributed by atoms with Gasteiger partial charge in [0.05, 0.1) is 0 Å². The molecule has 13 heteroatoms. The van der Waals surface area contributed by atoms with Crippen LogP contribution >= 0.6 is 0 Å². The van der Waals surface area contributed by atoms with Crippen molar-refractivity contribution >= 4 is 5.97 Å². The van der Waals surface area contributed by atoms with Crippen molar-refractivity contribution in [2.75, 3.05) is 0 Å². The number of alkyl halides is 10. The number of rotatable bonds is 3. The van der Waals surface area contributed by atoms with Crippen molar-refractivity contribution in [3.63, 3.8) is 0 Å². The van der Waals surface area contributed by atoms with Gasteiger partial charge in [0.15, 0.2) is 0 Å². The van der Waals surface area contributed by atoms with Gasteiger partial charge in [-0.1, -0.05) is 0 Å². The van der Waals surface area contributed by atoms with Gasteiger partial charge in [-0.2, -0.15) is 17.6 Å². The van der Waals surface area contributed by atoms with E-state index in [4.69, 9.17) is 0 Å². The molecule has 0 aromatic heterocycles. The predicted octanol–water partition coefficient (Wildman–Crippen LogP) is 2.81. The van der Waals surface area contributed by atoms with E-state index in [1.807, 2.05) is 4.74 Å². The minimum absolute atomic E-state index is 1.57. The second-order valence-corrected chi connectivity index (χ2v) is 2.47. The number of carbonyl (C=O) groups excluding carboxylic acids is 1. The zero-order valence-electron chi connectivity index (χ0n) is 7.50. The van der Waals surface area contributed by atoms with Crippen LogP contribution in [0.15, 0.2) is 0 Å². The highest BCUT2D eigenvalue weighted by Crippen LogP contribution is 2.41. The molecule has 0 atom stereocenters. The third kappa shape index (κ3) is 4.54. The molecule has 0 heterocycles. The van der Waals surface area contributed by atoms with Gasteiger partial charge in [-0.3, -0.25) is 0 Å². The molecule has 0 N–H and O–H groups in total. The van der Waals surface area contributed by atoms with Crippen LogP contribution in [0, 0.1) is 0 Å². The van der Waals surface area contributed by atoms with Gasteiger partial charge in [-0.25, -0.2) is 9.53 Å². The van der Waals surface area contributed by atoms with Gasteiger partial charge in [0.1, 0.15) is 0 Å². The Kier molecular flexibility index (Phi) is 4.13. The molecule has 18 heavy (non-hydrogen) atoms. The smallest absolute Gasteiger partial charge is 0.368 e. The highest BCUT2D eigenvalue weighted by molar-refractivity contribution is 5.78. The Labute approximate surface area is 90.2 Å². The number of ether oxygens (including phenoxy) is 2. The van der Waals surface area contributed by atoms with Gasteiger partial charge < -0.3 is 4.74 Å². The van der Waals surface area contributed by atoms with E-state index in [0.717, 1.165) is 0 Å². The number of hydrogen-bond donors (Lipinski definition) is 0. The molecule has 0 saturated carbocycles. The van der Waals surface area contributed by atoms with Crippen molar-refractivity contribution in [2.45, 2.75) is 24.8 Å². The molecule has 108 valence electrons. The van der Waals surface area contributed by atoms with Gasteiger partial charge in [0.2, 0.25) is 0 Å². The second-order valence-electron chi connectivity index (χ2n) is 2.47. The van der Waals surface area contributed by atoms with Gasteiger partial charge in [0.25, 0.3) is 0 Å². The second kappa shape index (κ2) is 4.44. The lowest BCUT2D eigenvalue weighted by molar-refractivity contribution is -0.461. The van der Waals surface area contributed by atoms with Crippen LogP contribution in [0.4, 0.5) is 43.9 Å². The molecule has 3 nitrogen and oxygen atoms in total. The number of hydrogen-bond acceptors (Lipinski definition) is 3. The molecule has 0 unspecified atom stereocenters. The Bertz CT molecular complexity index is 314. The molecule has 0 aliphatic carbocycles. The first-order chi connectivity index (χ1) is 7.58. The molecule has 0 aliphatic rings. The predicted molar refractivity (Wildman–Crippen MR) is 29.2 cm³/mol. The summed E-state index contributed by atoms with van der Waals surface area (Å²) < 4.78 is 120. The highest BCUT2D eigenvalue weighted by atomic mass is 19.4. The van der Waals surface area contributed by atoms with Crippen molar-refractivity contribution < 1.29 is 58.2 Å². The van der Waals surface area contributed by atoms with E-state index >= 15 is 0 Å². The number of esters is 1. The van der Waals surface area contributed by atoms with Crippen molar-refractivity contribution in [1.82, 2.24) is 0 Å². The molecular formula is C5F10O3. The lowest BCUT2D eigenvalue weighted by atomic mass is 10.3. The fourth-order valence-electron chi connectivity index (χ4n) is 0.497. The van der Waals surface area contributed by atoms with Crippen LogP contribution in [0.3, 0.4) is 0 Å². The van der Waals surface area contributed by atoms with Crippen LogP contribution in [-0.2, 0) is 14.3 Å². The molecule has 0 saturated heterocycles. The zero-order chi connectivity index (χ0) is 15.0. The maximum atomic E-state index is 12.3. The van der Waals surface area contributed by atoms with E-state index in [1.165, 1.54) is 0 Å². The van der Waals surface area contributed by atoms with Gasteiger partial charge in [-0.15, -0.1) is 26.3 Å². The maximum Gasteiger partial charge on any atom is 0.575 e. The molecule has 0 radical (unpaired) electrons. The van der Waals surface area contributed by atoms with Gasteiger partial charge >= 0.3 is 30.7 Å². The summed E-state index contributed by atoms with van der Waals surface area (Å²) in [7, 11) is 0. The topological polar surface area (TPSA) is 35.5 Å². The molecule has 0 aliphatic heterocycles. The standard InChI is InChI=1S/C5F10O3/c6-2(7,1(16)17-4(10,11)12)3(8,9)18-5(13,14)15. The van der Waals surface area contributed by atoms with Gasteiger partial charge in [-0.05, 0) is 0 Å². The average molecular weight is 298 g/mol. The van der Waals surface area contributed by atoms with Crippen LogP contribution in [0.2, 0.25) is 0 Å². The van der Waals surface area contributed by atoms with Crippen LogP contribution in [0.5, 0.6) is 0 Å². The summed E-state index contributed by atoms with van der Waals surface area (Å²) in [5.41, 5.74) is 0. The van der Waals surface area contributed by atoms with Crippen molar-refractivity contribution in [3.8, 4) is 0 Å². The van der Waals surface area contributed by atoms with E-state index in [9.17, 15) is 48.7 Å². The molecule has 0 bridgehead atoms. The summed E-state index contributed by atoms with van der Waals surface area (Å²) in [6.07, 6.45) is -19.0. The largest absolute Gasteiger partial charge is 0.575 e. The lowest BCUT2D eigenvalue weighted by Gasteiger charge is -2.25. The molecule has 0 aromatic rings.